The summed E-state index contributed by atoms with van der Waals surface area (Å²) in [6.07, 6.45) is 0. The molecule has 0 fully saturated rings. The first kappa shape index (κ1) is 15.1. The van der Waals surface area contributed by atoms with E-state index in [4.69, 9.17) is 14.2 Å². The van der Waals surface area contributed by atoms with E-state index in [2.05, 4.69) is 10.3 Å². The summed E-state index contributed by atoms with van der Waals surface area (Å²) in [4.78, 5) is 4.33. The highest BCUT2D eigenvalue weighted by molar-refractivity contribution is 5.40. The van der Waals surface area contributed by atoms with Crippen LogP contribution in [0.2, 0.25) is 0 Å². The molecular formula is C16H20N2O3. The number of rotatable bonds is 7. The molecule has 2 aromatic rings. The van der Waals surface area contributed by atoms with E-state index in [-0.39, 0.29) is 0 Å². The summed E-state index contributed by atoms with van der Waals surface area (Å²) in [5, 5.41) is 3.12. The summed E-state index contributed by atoms with van der Waals surface area (Å²) >= 11 is 0. The third-order valence-corrected chi connectivity index (χ3v) is 3.00. The van der Waals surface area contributed by atoms with E-state index in [0.29, 0.717) is 19.0 Å². The van der Waals surface area contributed by atoms with Crippen LogP contribution in [0.5, 0.6) is 17.4 Å². The summed E-state index contributed by atoms with van der Waals surface area (Å²) in [7, 11) is 5.15. The van der Waals surface area contributed by atoms with Crippen molar-refractivity contribution >= 4 is 0 Å². The Morgan fingerprint density at radius 1 is 1.10 bits per heavy atom. The Balaban J connectivity index is 2.11. The molecule has 0 bridgehead atoms. The molecule has 1 aromatic carbocycles. The third-order valence-electron chi connectivity index (χ3n) is 3.00. The maximum atomic E-state index is 5.86. The van der Waals surface area contributed by atoms with Crippen molar-refractivity contribution < 1.29 is 14.2 Å². The van der Waals surface area contributed by atoms with Gasteiger partial charge in [0, 0.05) is 18.2 Å². The number of benzene rings is 1. The van der Waals surface area contributed by atoms with Crippen molar-refractivity contribution in [3.05, 3.63) is 47.7 Å². The monoisotopic (exact) mass is 288 g/mol. The van der Waals surface area contributed by atoms with Gasteiger partial charge in [-0.25, -0.2) is 4.98 Å². The lowest BCUT2D eigenvalue weighted by atomic mass is 10.2. The van der Waals surface area contributed by atoms with Gasteiger partial charge in [-0.05, 0) is 31.3 Å². The fourth-order valence-electron chi connectivity index (χ4n) is 1.96. The van der Waals surface area contributed by atoms with E-state index >= 15 is 0 Å². The van der Waals surface area contributed by atoms with E-state index in [1.54, 1.807) is 14.2 Å². The highest BCUT2D eigenvalue weighted by atomic mass is 16.5. The third kappa shape index (κ3) is 4.10. The van der Waals surface area contributed by atoms with Crippen LogP contribution in [0.15, 0.2) is 36.4 Å². The summed E-state index contributed by atoms with van der Waals surface area (Å²) < 4.78 is 16.2. The average molecular weight is 288 g/mol. The lowest BCUT2D eigenvalue weighted by Crippen LogP contribution is -2.08. The molecule has 0 saturated heterocycles. The summed E-state index contributed by atoms with van der Waals surface area (Å²) in [6, 6.07) is 11.4. The molecule has 0 aliphatic carbocycles. The molecule has 0 unspecified atom stereocenters. The van der Waals surface area contributed by atoms with Gasteiger partial charge in [-0.1, -0.05) is 6.07 Å². The Hall–Kier alpha value is -2.27. The van der Waals surface area contributed by atoms with Crippen molar-refractivity contribution in [1.29, 1.82) is 0 Å². The van der Waals surface area contributed by atoms with Gasteiger partial charge in [0.05, 0.1) is 19.9 Å². The second kappa shape index (κ2) is 7.50. The number of hydrogen-bond donors (Lipinski definition) is 1. The first-order valence-corrected chi connectivity index (χ1v) is 6.71. The Labute approximate surface area is 124 Å². The normalized spacial score (nSPS) is 10.2. The topological polar surface area (TPSA) is 52.6 Å². The minimum Gasteiger partial charge on any atom is -0.497 e. The zero-order valence-electron chi connectivity index (χ0n) is 12.6. The first-order chi connectivity index (χ1) is 10.3. The number of methoxy groups -OCH3 is 2. The quantitative estimate of drug-likeness (QED) is 0.848. The van der Waals surface area contributed by atoms with Crippen molar-refractivity contribution in [3.63, 3.8) is 0 Å². The van der Waals surface area contributed by atoms with E-state index < -0.39 is 0 Å². The molecule has 5 nitrogen and oxygen atoms in total. The summed E-state index contributed by atoms with van der Waals surface area (Å²) in [5.74, 6) is 2.21. The van der Waals surface area contributed by atoms with Gasteiger partial charge in [-0.3, -0.25) is 0 Å². The van der Waals surface area contributed by atoms with Crippen molar-refractivity contribution in [2.75, 3.05) is 21.3 Å². The molecule has 1 aromatic heterocycles. The largest absolute Gasteiger partial charge is 0.497 e. The van der Waals surface area contributed by atoms with Crippen LogP contribution >= 0.6 is 0 Å². The minimum absolute atomic E-state index is 0.389. The molecule has 2 rings (SSSR count). The van der Waals surface area contributed by atoms with Gasteiger partial charge in [0.15, 0.2) is 0 Å². The fourth-order valence-corrected chi connectivity index (χ4v) is 1.96. The molecule has 5 heteroatoms. The van der Waals surface area contributed by atoms with Gasteiger partial charge in [-0.15, -0.1) is 0 Å². The lowest BCUT2D eigenvalue weighted by Gasteiger charge is -2.13. The zero-order chi connectivity index (χ0) is 15.1. The predicted octanol–water partition coefficient (Wildman–Crippen LogP) is 2.40. The standard InChI is InChI=1S/C16H20N2O3/c1-17-10-12-9-14(19-2)7-8-15(12)21-11-13-5-4-6-16(18-13)20-3/h4-9,17H,10-11H2,1-3H3. The number of ether oxygens (including phenoxy) is 3. The van der Waals surface area contributed by atoms with Gasteiger partial charge in [0.25, 0.3) is 0 Å². The molecule has 112 valence electrons. The van der Waals surface area contributed by atoms with Crippen LogP contribution in [-0.2, 0) is 13.2 Å². The Morgan fingerprint density at radius 3 is 2.67 bits per heavy atom. The molecule has 0 aliphatic heterocycles. The van der Waals surface area contributed by atoms with E-state index in [0.717, 1.165) is 22.8 Å². The van der Waals surface area contributed by atoms with Gasteiger partial charge < -0.3 is 19.5 Å². The number of hydrogen-bond acceptors (Lipinski definition) is 5. The molecule has 21 heavy (non-hydrogen) atoms. The number of nitrogens with one attached hydrogen (secondary N) is 1. The van der Waals surface area contributed by atoms with Gasteiger partial charge >= 0.3 is 0 Å². The van der Waals surface area contributed by atoms with Crippen molar-refractivity contribution in [3.8, 4) is 17.4 Å². The number of pyridine rings is 1. The van der Waals surface area contributed by atoms with Crippen LogP contribution in [0.3, 0.4) is 0 Å². The SMILES string of the molecule is CNCc1cc(OC)ccc1OCc1cccc(OC)n1. The number of nitrogens with zero attached hydrogens (tertiary/aromatic N) is 1. The molecule has 0 amide bonds. The van der Waals surface area contributed by atoms with Gasteiger partial charge in [0.1, 0.15) is 18.1 Å². The second-order valence-corrected chi connectivity index (χ2v) is 4.46. The zero-order valence-corrected chi connectivity index (χ0v) is 12.6. The van der Waals surface area contributed by atoms with Crippen LogP contribution in [0.1, 0.15) is 11.3 Å². The Morgan fingerprint density at radius 2 is 1.95 bits per heavy atom. The predicted molar refractivity (Wildman–Crippen MR) is 80.9 cm³/mol. The van der Waals surface area contributed by atoms with Gasteiger partial charge in [0.2, 0.25) is 5.88 Å². The average Bonchev–Trinajstić information content (AvgIpc) is 2.54. The van der Waals surface area contributed by atoms with Crippen LogP contribution in [0.4, 0.5) is 0 Å². The van der Waals surface area contributed by atoms with E-state index in [1.807, 2.05) is 43.4 Å². The van der Waals surface area contributed by atoms with Crippen LogP contribution < -0.4 is 19.5 Å². The molecule has 0 aliphatic rings. The summed E-state index contributed by atoms with van der Waals surface area (Å²) in [6.45, 7) is 1.10. The molecule has 0 radical (unpaired) electrons. The van der Waals surface area contributed by atoms with Crippen LogP contribution in [0.25, 0.3) is 0 Å². The van der Waals surface area contributed by atoms with Crippen LogP contribution in [-0.4, -0.2) is 26.3 Å². The van der Waals surface area contributed by atoms with Crippen molar-refractivity contribution in [2.45, 2.75) is 13.2 Å². The molecular weight excluding hydrogens is 268 g/mol. The van der Waals surface area contributed by atoms with Crippen molar-refractivity contribution in [2.24, 2.45) is 0 Å². The van der Waals surface area contributed by atoms with Crippen LogP contribution in [0, 0.1) is 0 Å². The fraction of sp³-hybridized carbons (Fsp3) is 0.312. The molecule has 0 atom stereocenters. The maximum absolute atomic E-state index is 5.86. The second-order valence-electron chi connectivity index (χ2n) is 4.46. The molecule has 0 saturated carbocycles. The maximum Gasteiger partial charge on any atom is 0.213 e. The molecule has 0 spiro atoms. The minimum atomic E-state index is 0.389. The Kier molecular flexibility index (Phi) is 5.40. The van der Waals surface area contributed by atoms with E-state index in [9.17, 15) is 0 Å². The molecule has 1 N–H and O–H groups in total. The van der Waals surface area contributed by atoms with Crippen molar-refractivity contribution in [1.82, 2.24) is 10.3 Å². The van der Waals surface area contributed by atoms with Gasteiger partial charge in [-0.2, -0.15) is 0 Å². The smallest absolute Gasteiger partial charge is 0.213 e. The highest BCUT2D eigenvalue weighted by Crippen LogP contribution is 2.25. The molecule has 1 heterocycles. The van der Waals surface area contributed by atoms with E-state index in [1.165, 1.54) is 0 Å². The summed E-state index contributed by atoms with van der Waals surface area (Å²) in [5.41, 5.74) is 1.86. The highest BCUT2D eigenvalue weighted by Gasteiger charge is 2.06. The number of aromatic nitrogens is 1. The Bertz CT molecular complexity index is 587. The first-order valence-electron chi connectivity index (χ1n) is 6.71. The lowest BCUT2D eigenvalue weighted by molar-refractivity contribution is 0.294.